The van der Waals surface area contributed by atoms with E-state index >= 15 is 0 Å². The van der Waals surface area contributed by atoms with E-state index in [0.29, 0.717) is 0 Å². The van der Waals surface area contributed by atoms with Gasteiger partial charge in [-0.3, -0.25) is 0 Å². The van der Waals surface area contributed by atoms with Crippen LogP contribution < -0.4 is 4.74 Å². The molecule has 1 atom stereocenters. The van der Waals surface area contributed by atoms with Gasteiger partial charge in [0.25, 0.3) is 0 Å². The standard InChI is InChI=1S/C12H10O.H3P/c1-3-7-11(8-4-1)13-12-9-5-2-6-10-12;/h1-10H;1H3. The lowest BCUT2D eigenvalue weighted by Crippen LogP contribution is -1.81. The highest BCUT2D eigenvalue weighted by molar-refractivity contribution is 6.92. The fraction of sp³-hybridized carbons (Fsp3) is 0. The number of ether oxygens (including phenoxy) is 1. The summed E-state index contributed by atoms with van der Waals surface area (Å²) in [6.45, 7) is 0. The summed E-state index contributed by atoms with van der Waals surface area (Å²) >= 11 is 0. The first-order valence-electron chi connectivity index (χ1n) is 4.23. The molecule has 0 saturated carbocycles. The van der Waals surface area contributed by atoms with Gasteiger partial charge in [0.2, 0.25) is 0 Å². The molecule has 0 saturated heterocycles. The van der Waals surface area contributed by atoms with E-state index in [2.05, 4.69) is 0 Å². The molecule has 0 bridgehead atoms. The Morgan fingerprint density at radius 1 is 0.571 bits per heavy atom. The first kappa shape index (κ1) is 10.7. The van der Waals surface area contributed by atoms with E-state index in [1.165, 1.54) is 0 Å². The van der Waals surface area contributed by atoms with Crippen LogP contribution in [0.2, 0.25) is 0 Å². The van der Waals surface area contributed by atoms with E-state index in [1.54, 1.807) is 0 Å². The molecule has 2 aromatic rings. The fourth-order valence-electron chi connectivity index (χ4n) is 1.11. The Morgan fingerprint density at radius 2 is 0.929 bits per heavy atom. The summed E-state index contributed by atoms with van der Waals surface area (Å²) in [5, 5.41) is 0. The molecule has 0 aliphatic heterocycles. The lowest BCUT2D eigenvalue weighted by atomic mass is 10.3. The van der Waals surface area contributed by atoms with Gasteiger partial charge in [-0.15, -0.1) is 0 Å². The van der Waals surface area contributed by atoms with Crippen molar-refractivity contribution in [3.63, 3.8) is 0 Å². The molecule has 0 N–H and O–H groups in total. The van der Waals surface area contributed by atoms with Crippen molar-refractivity contribution in [3.8, 4) is 11.5 Å². The van der Waals surface area contributed by atoms with E-state index in [0.717, 1.165) is 11.5 Å². The van der Waals surface area contributed by atoms with Crippen LogP contribution in [0.15, 0.2) is 60.7 Å². The predicted molar refractivity (Wildman–Crippen MR) is 64.1 cm³/mol. The number of rotatable bonds is 2. The first-order chi connectivity index (χ1) is 6.45. The van der Waals surface area contributed by atoms with E-state index < -0.39 is 0 Å². The summed E-state index contributed by atoms with van der Waals surface area (Å²) in [5.41, 5.74) is 0. The minimum Gasteiger partial charge on any atom is -0.457 e. The molecule has 2 aromatic carbocycles. The maximum Gasteiger partial charge on any atom is 0.127 e. The molecule has 1 nitrogen and oxygen atoms in total. The molecule has 0 spiro atoms. The van der Waals surface area contributed by atoms with Crippen LogP contribution in [-0.2, 0) is 0 Å². The van der Waals surface area contributed by atoms with Gasteiger partial charge in [0.15, 0.2) is 0 Å². The number of para-hydroxylation sites is 2. The second-order valence-corrected chi connectivity index (χ2v) is 2.73. The van der Waals surface area contributed by atoms with Crippen molar-refractivity contribution in [3.05, 3.63) is 60.7 Å². The maximum absolute atomic E-state index is 5.58. The molecule has 0 fully saturated rings. The summed E-state index contributed by atoms with van der Waals surface area (Å²) < 4.78 is 5.58. The highest BCUT2D eigenvalue weighted by atomic mass is 31.0. The van der Waals surface area contributed by atoms with Gasteiger partial charge >= 0.3 is 0 Å². The van der Waals surface area contributed by atoms with Crippen LogP contribution in [0.5, 0.6) is 11.5 Å². The SMILES string of the molecule is P.c1ccc(Oc2ccccc2)cc1. The van der Waals surface area contributed by atoms with Crippen molar-refractivity contribution in [2.75, 3.05) is 0 Å². The lowest BCUT2D eigenvalue weighted by molar-refractivity contribution is 0.482. The summed E-state index contributed by atoms with van der Waals surface area (Å²) in [5.74, 6) is 1.74. The third kappa shape index (κ3) is 2.86. The Morgan fingerprint density at radius 3 is 1.29 bits per heavy atom. The summed E-state index contributed by atoms with van der Waals surface area (Å²) in [6, 6.07) is 19.5. The van der Waals surface area contributed by atoms with Gasteiger partial charge in [-0.1, -0.05) is 36.4 Å². The van der Waals surface area contributed by atoms with Crippen molar-refractivity contribution >= 4 is 9.90 Å². The number of hydrogen-bond acceptors (Lipinski definition) is 1. The van der Waals surface area contributed by atoms with E-state index in [4.69, 9.17) is 4.74 Å². The van der Waals surface area contributed by atoms with Crippen LogP contribution in [0.1, 0.15) is 0 Å². The van der Waals surface area contributed by atoms with Crippen LogP contribution in [0.25, 0.3) is 0 Å². The van der Waals surface area contributed by atoms with Crippen molar-refractivity contribution in [2.45, 2.75) is 0 Å². The zero-order valence-corrected chi connectivity index (χ0v) is 9.30. The molecule has 2 heteroatoms. The predicted octanol–water partition coefficient (Wildman–Crippen LogP) is 3.54. The second-order valence-electron chi connectivity index (χ2n) is 2.73. The van der Waals surface area contributed by atoms with Crippen LogP contribution in [0.3, 0.4) is 0 Å². The van der Waals surface area contributed by atoms with Gasteiger partial charge in [-0.2, -0.15) is 9.90 Å². The topological polar surface area (TPSA) is 9.23 Å². The Kier molecular flexibility index (Phi) is 4.15. The van der Waals surface area contributed by atoms with Gasteiger partial charge in [0, 0.05) is 0 Å². The van der Waals surface area contributed by atoms with Crippen LogP contribution in [0, 0.1) is 0 Å². The van der Waals surface area contributed by atoms with E-state index in [-0.39, 0.29) is 9.90 Å². The summed E-state index contributed by atoms with van der Waals surface area (Å²) in [7, 11) is 0. The molecular formula is C12H13OP. The van der Waals surface area contributed by atoms with Gasteiger partial charge in [-0.25, -0.2) is 0 Å². The van der Waals surface area contributed by atoms with Gasteiger partial charge < -0.3 is 4.74 Å². The first-order valence-corrected chi connectivity index (χ1v) is 4.23. The molecule has 14 heavy (non-hydrogen) atoms. The minimum atomic E-state index is 0. The van der Waals surface area contributed by atoms with Crippen molar-refractivity contribution in [2.24, 2.45) is 0 Å². The highest BCUT2D eigenvalue weighted by Gasteiger charge is 1.92. The molecule has 1 unspecified atom stereocenters. The van der Waals surface area contributed by atoms with Gasteiger partial charge in [-0.05, 0) is 24.3 Å². The van der Waals surface area contributed by atoms with Gasteiger partial charge in [0.05, 0.1) is 0 Å². The third-order valence-corrected chi connectivity index (χ3v) is 1.72. The Labute approximate surface area is 87.4 Å². The van der Waals surface area contributed by atoms with Crippen molar-refractivity contribution in [1.82, 2.24) is 0 Å². The fourth-order valence-corrected chi connectivity index (χ4v) is 1.11. The number of hydrogen-bond donors (Lipinski definition) is 0. The van der Waals surface area contributed by atoms with Crippen LogP contribution in [0.4, 0.5) is 0 Å². The lowest BCUT2D eigenvalue weighted by Gasteiger charge is -2.03. The zero-order chi connectivity index (χ0) is 8.93. The molecule has 72 valence electrons. The second kappa shape index (κ2) is 5.41. The number of benzene rings is 2. The molecular weight excluding hydrogens is 191 g/mol. The minimum absolute atomic E-state index is 0. The Balaban J connectivity index is 0.000000980. The van der Waals surface area contributed by atoms with E-state index in [1.807, 2.05) is 60.7 Å². The average Bonchev–Trinajstić information content (AvgIpc) is 2.21. The quantitative estimate of drug-likeness (QED) is 0.680. The smallest absolute Gasteiger partial charge is 0.127 e. The highest BCUT2D eigenvalue weighted by Crippen LogP contribution is 2.19. The Bertz CT molecular complexity index is 321. The molecule has 0 heterocycles. The maximum atomic E-state index is 5.58. The van der Waals surface area contributed by atoms with Crippen LogP contribution >= 0.6 is 9.90 Å². The van der Waals surface area contributed by atoms with Crippen molar-refractivity contribution < 1.29 is 4.74 Å². The molecule has 0 aliphatic carbocycles. The monoisotopic (exact) mass is 204 g/mol. The summed E-state index contributed by atoms with van der Waals surface area (Å²) in [6.07, 6.45) is 0. The molecule has 0 radical (unpaired) electrons. The normalized spacial score (nSPS) is 8.86. The largest absolute Gasteiger partial charge is 0.457 e. The third-order valence-electron chi connectivity index (χ3n) is 1.72. The summed E-state index contributed by atoms with van der Waals surface area (Å²) in [4.78, 5) is 0. The van der Waals surface area contributed by atoms with Crippen LogP contribution in [-0.4, -0.2) is 0 Å². The van der Waals surface area contributed by atoms with Gasteiger partial charge in [0.1, 0.15) is 11.5 Å². The molecule has 2 rings (SSSR count). The molecule has 0 aliphatic rings. The average molecular weight is 204 g/mol. The van der Waals surface area contributed by atoms with Crippen molar-refractivity contribution in [1.29, 1.82) is 0 Å². The zero-order valence-electron chi connectivity index (χ0n) is 7.89. The van der Waals surface area contributed by atoms with E-state index in [9.17, 15) is 0 Å². The molecule has 0 aromatic heterocycles. The molecule has 0 amide bonds. The Hall–Kier alpha value is -1.33.